The van der Waals surface area contributed by atoms with E-state index >= 15 is 0 Å². The van der Waals surface area contributed by atoms with E-state index in [9.17, 15) is 9.90 Å². The maximum Gasteiger partial charge on any atom is 0.251 e. The number of aliphatic hydroxyl groups excluding tert-OH is 1. The van der Waals surface area contributed by atoms with Crippen LogP contribution in [0.3, 0.4) is 0 Å². The van der Waals surface area contributed by atoms with Crippen molar-refractivity contribution in [2.45, 2.75) is 50.9 Å². The van der Waals surface area contributed by atoms with E-state index in [4.69, 9.17) is 4.74 Å². The van der Waals surface area contributed by atoms with Crippen LogP contribution < -0.4 is 0 Å². The number of aliphatic hydroxyl groups is 1. The van der Waals surface area contributed by atoms with Gasteiger partial charge >= 0.3 is 0 Å². The quantitative estimate of drug-likeness (QED) is 0.772. The molecule has 1 amide bonds. The molecule has 0 aromatic carbocycles. The largest absolute Gasteiger partial charge is 0.391 e. The van der Waals surface area contributed by atoms with Gasteiger partial charge in [0.05, 0.1) is 12.2 Å². The van der Waals surface area contributed by atoms with Crippen molar-refractivity contribution in [1.29, 1.82) is 0 Å². The Morgan fingerprint density at radius 3 is 2.62 bits per heavy atom. The Balaban J connectivity index is 1.79. The number of nitrogens with zero attached hydrogens (tertiary/aromatic N) is 1. The van der Waals surface area contributed by atoms with Crippen LogP contribution >= 0.6 is 0 Å². The Kier molecular flexibility index (Phi) is 3.50. The van der Waals surface area contributed by atoms with Gasteiger partial charge in [-0.25, -0.2) is 0 Å². The molecule has 0 bridgehead atoms. The molecule has 0 spiro atoms. The van der Waals surface area contributed by atoms with E-state index in [-0.39, 0.29) is 24.2 Å². The van der Waals surface area contributed by atoms with Gasteiger partial charge in [0.15, 0.2) is 0 Å². The van der Waals surface area contributed by atoms with Crippen molar-refractivity contribution < 1.29 is 14.6 Å². The molecule has 0 radical (unpaired) electrons. The van der Waals surface area contributed by atoms with E-state index < -0.39 is 0 Å². The maximum absolute atomic E-state index is 12.0. The molecule has 1 saturated heterocycles. The molecule has 1 aliphatic heterocycles. The van der Waals surface area contributed by atoms with Gasteiger partial charge < -0.3 is 14.7 Å². The van der Waals surface area contributed by atoms with Crippen molar-refractivity contribution >= 4 is 5.91 Å². The molecular formula is C12H21NO3. The molecule has 4 heteroatoms. The standard InChI is InChI=1S/C12H21NO3/c1-8-3-6-11(16-8)12(15)13(2)7-10(14)9-4-5-9/h8-11,14H,3-7H2,1-2H3. The normalized spacial score (nSPS) is 31.4. The number of ether oxygens (including phenoxy) is 1. The van der Waals surface area contributed by atoms with Gasteiger partial charge in [0.1, 0.15) is 6.10 Å². The first kappa shape index (κ1) is 11.9. The molecule has 0 aromatic heterocycles. The fraction of sp³-hybridized carbons (Fsp3) is 0.917. The van der Waals surface area contributed by atoms with E-state index in [2.05, 4.69) is 0 Å². The zero-order valence-electron chi connectivity index (χ0n) is 10.1. The third kappa shape index (κ3) is 2.74. The number of hydrogen-bond donors (Lipinski definition) is 1. The van der Waals surface area contributed by atoms with Crippen LogP contribution in [0.25, 0.3) is 0 Å². The highest BCUT2D eigenvalue weighted by molar-refractivity contribution is 5.81. The number of amides is 1. The second-order valence-corrected chi connectivity index (χ2v) is 5.14. The number of likely N-dealkylation sites (N-methyl/N-ethyl adjacent to an activating group) is 1. The summed E-state index contributed by atoms with van der Waals surface area (Å²) in [4.78, 5) is 13.6. The molecule has 2 rings (SSSR count). The van der Waals surface area contributed by atoms with Crippen molar-refractivity contribution in [3.05, 3.63) is 0 Å². The molecule has 3 unspecified atom stereocenters. The Labute approximate surface area is 96.6 Å². The monoisotopic (exact) mass is 227 g/mol. The summed E-state index contributed by atoms with van der Waals surface area (Å²) in [5.41, 5.74) is 0. The Bertz CT molecular complexity index is 265. The Hall–Kier alpha value is -0.610. The second kappa shape index (κ2) is 4.72. The molecule has 2 fully saturated rings. The smallest absolute Gasteiger partial charge is 0.251 e. The molecule has 1 N–H and O–H groups in total. The van der Waals surface area contributed by atoms with Crippen LogP contribution in [-0.4, -0.2) is 47.8 Å². The lowest BCUT2D eigenvalue weighted by molar-refractivity contribution is -0.142. The van der Waals surface area contributed by atoms with Gasteiger partial charge in [-0.05, 0) is 38.5 Å². The molecule has 92 valence electrons. The van der Waals surface area contributed by atoms with Gasteiger partial charge in [0.2, 0.25) is 0 Å². The second-order valence-electron chi connectivity index (χ2n) is 5.14. The predicted octanol–water partition coefficient (Wildman–Crippen LogP) is 0.783. The van der Waals surface area contributed by atoms with Crippen LogP contribution in [0.4, 0.5) is 0 Å². The molecule has 2 aliphatic rings. The van der Waals surface area contributed by atoms with E-state index in [1.807, 2.05) is 6.92 Å². The zero-order chi connectivity index (χ0) is 11.7. The minimum Gasteiger partial charge on any atom is -0.391 e. The Morgan fingerprint density at radius 1 is 1.44 bits per heavy atom. The number of carbonyl (C=O) groups is 1. The zero-order valence-corrected chi connectivity index (χ0v) is 10.1. The van der Waals surface area contributed by atoms with Crippen molar-refractivity contribution in [2.24, 2.45) is 5.92 Å². The molecule has 1 saturated carbocycles. The van der Waals surface area contributed by atoms with Crippen molar-refractivity contribution in [1.82, 2.24) is 4.90 Å². The first-order valence-corrected chi connectivity index (χ1v) is 6.16. The lowest BCUT2D eigenvalue weighted by Gasteiger charge is -2.23. The SMILES string of the molecule is CC1CCC(C(=O)N(C)CC(O)C2CC2)O1. The van der Waals surface area contributed by atoms with E-state index in [1.165, 1.54) is 0 Å². The molecule has 16 heavy (non-hydrogen) atoms. The van der Waals surface area contributed by atoms with Crippen LogP contribution in [0, 0.1) is 5.92 Å². The molecule has 3 atom stereocenters. The van der Waals surface area contributed by atoms with Crippen LogP contribution in [-0.2, 0) is 9.53 Å². The molecule has 4 nitrogen and oxygen atoms in total. The minimum atomic E-state index is -0.354. The Morgan fingerprint density at radius 2 is 2.12 bits per heavy atom. The summed E-state index contributed by atoms with van der Waals surface area (Å²) < 4.78 is 5.53. The van der Waals surface area contributed by atoms with Gasteiger partial charge in [0, 0.05) is 13.6 Å². The predicted molar refractivity (Wildman–Crippen MR) is 59.9 cm³/mol. The van der Waals surface area contributed by atoms with Crippen molar-refractivity contribution in [2.75, 3.05) is 13.6 Å². The highest BCUT2D eigenvalue weighted by atomic mass is 16.5. The fourth-order valence-corrected chi connectivity index (χ4v) is 2.23. The minimum absolute atomic E-state index is 0.0176. The van der Waals surface area contributed by atoms with Crippen LogP contribution in [0.1, 0.15) is 32.6 Å². The van der Waals surface area contributed by atoms with Crippen LogP contribution in [0.2, 0.25) is 0 Å². The maximum atomic E-state index is 12.0. The number of carbonyl (C=O) groups excluding carboxylic acids is 1. The summed E-state index contributed by atoms with van der Waals surface area (Å²) in [6.45, 7) is 2.43. The van der Waals surface area contributed by atoms with Crippen LogP contribution in [0.15, 0.2) is 0 Å². The van der Waals surface area contributed by atoms with E-state index in [0.717, 1.165) is 25.7 Å². The molecular weight excluding hydrogens is 206 g/mol. The van der Waals surface area contributed by atoms with Gasteiger partial charge in [0.25, 0.3) is 5.91 Å². The van der Waals surface area contributed by atoms with Gasteiger partial charge in [-0.2, -0.15) is 0 Å². The summed E-state index contributed by atoms with van der Waals surface area (Å²) in [7, 11) is 1.75. The summed E-state index contributed by atoms with van der Waals surface area (Å²) >= 11 is 0. The van der Waals surface area contributed by atoms with Crippen molar-refractivity contribution in [3.8, 4) is 0 Å². The summed E-state index contributed by atoms with van der Waals surface area (Å²) in [5.74, 6) is 0.433. The fourth-order valence-electron chi connectivity index (χ4n) is 2.23. The van der Waals surface area contributed by atoms with Gasteiger partial charge in [-0.15, -0.1) is 0 Å². The molecule has 0 aromatic rings. The van der Waals surface area contributed by atoms with Gasteiger partial charge in [-0.3, -0.25) is 4.79 Å². The first-order chi connectivity index (χ1) is 7.58. The molecule has 1 aliphatic carbocycles. The third-order valence-corrected chi connectivity index (χ3v) is 3.51. The number of rotatable bonds is 4. The average molecular weight is 227 g/mol. The topological polar surface area (TPSA) is 49.8 Å². The summed E-state index contributed by atoms with van der Waals surface area (Å²) in [5, 5.41) is 9.77. The van der Waals surface area contributed by atoms with Crippen molar-refractivity contribution in [3.63, 3.8) is 0 Å². The summed E-state index contributed by atoms with van der Waals surface area (Å²) in [6.07, 6.45) is 3.51. The highest BCUT2D eigenvalue weighted by Crippen LogP contribution is 2.33. The average Bonchev–Trinajstić information content (AvgIpc) is 3.00. The first-order valence-electron chi connectivity index (χ1n) is 6.16. The highest BCUT2D eigenvalue weighted by Gasteiger charge is 2.34. The summed E-state index contributed by atoms with van der Waals surface area (Å²) in [6, 6.07) is 0. The lowest BCUT2D eigenvalue weighted by atomic mass is 10.1. The van der Waals surface area contributed by atoms with Crippen LogP contribution in [0.5, 0.6) is 0 Å². The molecule has 1 heterocycles. The van der Waals surface area contributed by atoms with Gasteiger partial charge in [-0.1, -0.05) is 0 Å². The third-order valence-electron chi connectivity index (χ3n) is 3.51. The lowest BCUT2D eigenvalue weighted by Crippen LogP contribution is -2.41. The number of hydrogen-bond acceptors (Lipinski definition) is 3. The van der Waals surface area contributed by atoms with E-state index in [1.54, 1.807) is 11.9 Å². The van der Waals surface area contributed by atoms with E-state index in [0.29, 0.717) is 12.5 Å².